The molecule has 1 amide bonds. The third kappa shape index (κ3) is 4.96. The summed E-state index contributed by atoms with van der Waals surface area (Å²) in [6.07, 6.45) is 0.156. The molecule has 6 nitrogen and oxygen atoms in total. The molecule has 2 rings (SSSR count). The van der Waals surface area contributed by atoms with E-state index in [0.29, 0.717) is 16.5 Å². The third-order valence-corrected chi connectivity index (χ3v) is 3.35. The number of nitrogens with one attached hydrogen (secondary N) is 1. The summed E-state index contributed by atoms with van der Waals surface area (Å²) in [5, 5.41) is 13.9. The minimum absolute atomic E-state index is 0.00785. The first-order chi connectivity index (χ1) is 11.0. The number of hydrogen-bond donors (Lipinski definition) is 1. The molecule has 120 valence electrons. The van der Waals surface area contributed by atoms with E-state index in [0.717, 1.165) is 5.56 Å². The molecule has 2 aromatic rings. The standard InChI is InChI=1S/C16H15ClN2O4/c1-11-2-3-12(17)10-15(11)18-16(20)8-9-23-14-6-4-13(5-7-14)19(21)22/h2-7,10H,8-9H2,1H3,(H,18,20). The smallest absolute Gasteiger partial charge is 0.269 e. The van der Waals surface area contributed by atoms with Crippen molar-refractivity contribution >= 4 is 28.9 Å². The Bertz CT molecular complexity index is 717. The highest BCUT2D eigenvalue weighted by atomic mass is 35.5. The summed E-state index contributed by atoms with van der Waals surface area (Å²) in [5.41, 5.74) is 1.57. The van der Waals surface area contributed by atoms with Crippen molar-refractivity contribution in [3.63, 3.8) is 0 Å². The normalized spacial score (nSPS) is 10.2. The number of nitro benzene ring substituents is 1. The number of anilines is 1. The highest BCUT2D eigenvalue weighted by molar-refractivity contribution is 6.31. The molecule has 0 aliphatic rings. The van der Waals surface area contributed by atoms with Crippen LogP contribution < -0.4 is 10.1 Å². The van der Waals surface area contributed by atoms with Crippen molar-refractivity contribution in [1.29, 1.82) is 0 Å². The third-order valence-electron chi connectivity index (χ3n) is 3.12. The maximum atomic E-state index is 11.9. The molecule has 0 radical (unpaired) electrons. The number of amides is 1. The van der Waals surface area contributed by atoms with Crippen LogP contribution in [0.25, 0.3) is 0 Å². The number of nitro groups is 1. The Balaban J connectivity index is 1.82. The zero-order chi connectivity index (χ0) is 16.8. The summed E-state index contributed by atoms with van der Waals surface area (Å²) in [6.45, 7) is 2.04. The second-order valence-corrected chi connectivity index (χ2v) is 5.29. The van der Waals surface area contributed by atoms with Crippen LogP contribution in [0.4, 0.5) is 11.4 Å². The van der Waals surface area contributed by atoms with Gasteiger partial charge in [0.15, 0.2) is 0 Å². The van der Waals surface area contributed by atoms with Gasteiger partial charge in [0.25, 0.3) is 5.69 Å². The maximum Gasteiger partial charge on any atom is 0.269 e. The van der Waals surface area contributed by atoms with Crippen molar-refractivity contribution in [3.05, 3.63) is 63.2 Å². The van der Waals surface area contributed by atoms with E-state index in [1.807, 2.05) is 13.0 Å². The number of ether oxygens (including phenoxy) is 1. The van der Waals surface area contributed by atoms with Crippen molar-refractivity contribution < 1.29 is 14.5 Å². The number of aryl methyl sites for hydroxylation is 1. The summed E-state index contributed by atoms with van der Waals surface area (Å²) in [6, 6.07) is 11.0. The van der Waals surface area contributed by atoms with Gasteiger partial charge in [-0.3, -0.25) is 14.9 Å². The average Bonchev–Trinajstić information content (AvgIpc) is 2.51. The summed E-state index contributed by atoms with van der Waals surface area (Å²) in [4.78, 5) is 21.9. The number of halogens is 1. The van der Waals surface area contributed by atoms with Crippen LogP contribution in [0.15, 0.2) is 42.5 Å². The number of rotatable bonds is 6. The highest BCUT2D eigenvalue weighted by Gasteiger charge is 2.07. The van der Waals surface area contributed by atoms with E-state index in [-0.39, 0.29) is 24.6 Å². The predicted molar refractivity (Wildman–Crippen MR) is 88.0 cm³/mol. The van der Waals surface area contributed by atoms with E-state index in [9.17, 15) is 14.9 Å². The second-order valence-electron chi connectivity index (χ2n) is 4.86. The van der Waals surface area contributed by atoms with Gasteiger partial charge < -0.3 is 10.1 Å². The molecule has 0 unspecified atom stereocenters. The van der Waals surface area contributed by atoms with Crippen molar-refractivity contribution in [2.75, 3.05) is 11.9 Å². The SMILES string of the molecule is Cc1ccc(Cl)cc1NC(=O)CCOc1ccc([N+](=O)[O-])cc1. The van der Waals surface area contributed by atoms with Crippen LogP contribution in [0, 0.1) is 17.0 Å². The van der Waals surface area contributed by atoms with E-state index in [4.69, 9.17) is 16.3 Å². The molecular weight excluding hydrogens is 320 g/mol. The Labute approximate surface area is 138 Å². The monoisotopic (exact) mass is 334 g/mol. The summed E-state index contributed by atoms with van der Waals surface area (Å²) < 4.78 is 5.39. The van der Waals surface area contributed by atoms with Gasteiger partial charge in [-0.2, -0.15) is 0 Å². The van der Waals surface area contributed by atoms with Gasteiger partial charge in [0.1, 0.15) is 5.75 Å². The van der Waals surface area contributed by atoms with Crippen molar-refractivity contribution in [2.24, 2.45) is 0 Å². The lowest BCUT2D eigenvalue weighted by molar-refractivity contribution is -0.384. The highest BCUT2D eigenvalue weighted by Crippen LogP contribution is 2.20. The van der Waals surface area contributed by atoms with Gasteiger partial charge in [0.05, 0.1) is 18.0 Å². The fourth-order valence-electron chi connectivity index (χ4n) is 1.87. The molecule has 0 heterocycles. The topological polar surface area (TPSA) is 81.5 Å². The lowest BCUT2D eigenvalue weighted by atomic mass is 10.2. The van der Waals surface area contributed by atoms with E-state index in [1.165, 1.54) is 24.3 Å². The lowest BCUT2D eigenvalue weighted by Crippen LogP contribution is -2.15. The maximum absolute atomic E-state index is 11.9. The summed E-state index contributed by atoms with van der Waals surface area (Å²) in [5.74, 6) is 0.277. The van der Waals surface area contributed by atoms with Crippen LogP contribution >= 0.6 is 11.6 Å². The molecule has 23 heavy (non-hydrogen) atoms. The fourth-order valence-corrected chi connectivity index (χ4v) is 2.04. The molecule has 0 atom stereocenters. The number of hydrogen-bond acceptors (Lipinski definition) is 4. The van der Waals surface area contributed by atoms with Crippen LogP contribution in [0.5, 0.6) is 5.75 Å². The average molecular weight is 335 g/mol. The lowest BCUT2D eigenvalue weighted by Gasteiger charge is -2.09. The number of carbonyl (C=O) groups excluding carboxylic acids is 1. The molecular formula is C16H15ClN2O4. The Morgan fingerprint density at radius 3 is 2.61 bits per heavy atom. The van der Waals surface area contributed by atoms with Gasteiger partial charge in [-0.15, -0.1) is 0 Å². The molecule has 2 aromatic carbocycles. The van der Waals surface area contributed by atoms with Crippen molar-refractivity contribution in [2.45, 2.75) is 13.3 Å². The molecule has 0 spiro atoms. The minimum Gasteiger partial charge on any atom is -0.493 e. The number of benzene rings is 2. The van der Waals surface area contributed by atoms with Gasteiger partial charge in [-0.05, 0) is 36.8 Å². The fraction of sp³-hybridized carbons (Fsp3) is 0.188. The first-order valence-electron chi connectivity index (χ1n) is 6.89. The predicted octanol–water partition coefficient (Wildman–Crippen LogP) is 3.96. The van der Waals surface area contributed by atoms with Crippen LogP contribution in [-0.4, -0.2) is 17.4 Å². The minimum atomic E-state index is -0.482. The van der Waals surface area contributed by atoms with Gasteiger partial charge in [-0.1, -0.05) is 17.7 Å². The number of non-ortho nitro benzene ring substituents is 1. The first-order valence-corrected chi connectivity index (χ1v) is 7.27. The molecule has 7 heteroatoms. The number of carbonyl (C=O) groups is 1. The molecule has 0 saturated heterocycles. The first kappa shape index (κ1) is 16.8. The zero-order valence-electron chi connectivity index (χ0n) is 12.4. The van der Waals surface area contributed by atoms with Crippen molar-refractivity contribution in [1.82, 2.24) is 0 Å². The van der Waals surface area contributed by atoms with Crippen LogP contribution in [0.2, 0.25) is 5.02 Å². The number of nitrogens with zero attached hydrogens (tertiary/aromatic N) is 1. The van der Waals surface area contributed by atoms with Crippen LogP contribution in [0.1, 0.15) is 12.0 Å². The van der Waals surface area contributed by atoms with E-state index >= 15 is 0 Å². The molecule has 0 aliphatic heterocycles. The van der Waals surface area contributed by atoms with Gasteiger partial charge in [-0.25, -0.2) is 0 Å². The molecule has 0 aromatic heterocycles. The Morgan fingerprint density at radius 2 is 1.96 bits per heavy atom. The van der Waals surface area contributed by atoms with E-state index < -0.39 is 4.92 Å². The Hall–Kier alpha value is -2.60. The Kier molecular flexibility index (Phi) is 5.54. The second kappa shape index (κ2) is 7.60. The largest absolute Gasteiger partial charge is 0.493 e. The zero-order valence-corrected chi connectivity index (χ0v) is 13.2. The quantitative estimate of drug-likeness (QED) is 0.640. The van der Waals surface area contributed by atoms with Crippen LogP contribution in [-0.2, 0) is 4.79 Å². The van der Waals surface area contributed by atoms with Gasteiger partial charge in [0, 0.05) is 22.8 Å². The Morgan fingerprint density at radius 1 is 1.26 bits per heavy atom. The van der Waals surface area contributed by atoms with Crippen molar-refractivity contribution in [3.8, 4) is 5.75 Å². The van der Waals surface area contributed by atoms with E-state index in [2.05, 4.69) is 5.32 Å². The molecule has 0 bridgehead atoms. The van der Waals surface area contributed by atoms with Gasteiger partial charge >= 0.3 is 0 Å². The van der Waals surface area contributed by atoms with E-state index in [1.54, 1.807) is 12.1 Å². The molecule has 0 saturated carbocycles. The summed E-state index contributed by atoms with van der Waals surface area (Å²) in [7, 11) is 0. The molecule has 1 N–H and O–H groups in total. The molecule has 0 aliphatic carbocycles. The van der Waals surface area contributed by atoms with Gasteiger partial charge in [0.2, 0.25) is 5.91 Å². The summed E-state index contributed by atoms with van der Waals surface area (Å²) >= 11 is 5.90. The molecule has 0 fully saturated rings. The van der Waals surface area contributed by atoms with Crippen LogP contribution in [0.3, 0.4) is 0 Å².